The summed E-state index contributed by atoms with van der Waals surface area (Å²) in [6.45, 7) is 0.163. The van der Waals surface area contributed by atoms with Crippen molar-refractivity contribution in [2.45, 2.75) is 24.7 Å². The van der Waals surface area contributed by atoms with Crippen LogP contribution in [0.5, 0.6) is 5.88 Å². The van der Waals surface area contributed by atoms with Crippen molar-refractivity contribution < 1.29 is 32.2 Å². The third-order valence-corrected chi connectivity index (χ3v) is 4.64. The Labute approximate surface area is 175 Å². The van der Waals surface area contributed by atoms with Gasteiger partial charge in [-0.3, -0.25) is 4.79 Å². The summed E-state index contributed by atoms with van der Waals surface area (Å²) in [4.78, 5) is 24.0. The molecule has 0 radical (unpaired) electrons. The monoisotopic (exact) mass is 439 g/mol. The fourth-order valence-corrected chi connectivity index (χ4v) is 3.14. The molecule has 2 heterocycles. The van der Waals surface area contributed by atoms with Crippen molar-refractivity contribution in [3.05, 3.63) is 47.7 Å². The Morgan fingerprint density at radius 2 is 2.13 bits per heavy atom. The number of ether oxygens (including phenoxy) is 3. The minimum atomic E-state index is -1.78. The summed E-state index contributed by atoms with van der Waals surface area (Å²) < 4.78 is 56.6. The fraction of sp³-hybridized carbons (Fsp3) is 0.368. The molecule has 0 fully saturated rings. The average Bonchev–Trinajstić information content (AvgIpc) is 2.74. The van der Waals surface area contributed by atoms with Crippen LogP contribution in [0.3, 0.4) is 0 Å². The number of benzene rings is 1. The van der Waals surface area contributed by atoms with Crippen LogP contribution in [0.25, 0.3) is 0 Å². The molecule has 3 N–H and O–H groups in total. The van der Waals surface area contributed by atoms with Gasteiger partial charge in [-0.05, 0) is 25.1 Å². The van der Waals surface area contributed by atoms with Gasteiger partial charge in [0.25, 0.3) is 11.9 Å². The highest BCUT2D eigenvalue weighted by molar-refractivity contribution is 6.02. The van der Waals surface area contributed by atoms with Crippen molar-refractivity contribution in [3.63, 3.8) is 0 Å². The molecule has 0 saturated carbocycles. The van der Waals surface area contributed by atoms with Crippen LogP contribution in [0.4, 0.5) is 18.9 Å². The normalized spacial score (nSPS) is 22.9. The third-order valence-electron chi connectivity index (χ3n) is 4.64. The molecule has 0 bridgehead atoms. The molecule has 1 aliphatic heterocycles. The van der Waals surface area contributed by atoms with Crippen molar-refractivity contribution in [2.24, 2.45) is 10.7 Å². The molecule has 1 aliphatic rings. The van der Waals surface area contributed by atoms with E-state index in [9.17, 15) is 13.6 Å². The number of nitrogens with one attached hydrogen (secondary N) is 1. The van der Waals surface area contributed by atoms with Gasteiger partial charge in [0.05, 0.1) is 19.0 Å². The maximum atomic E-state index is 15.2. The van der Waals surface area contributed by atoms with E-state index in [4.69, 9.17) is 15.2 Å². The topological polar surface area (TPSA) is 121 Å². The van der Waals surface area contributed by atoms with Gasteiger partial charge >= 0.3 is 0 Å². The molecule has 0 unspecified atom stereocenters. The van der Waals surface area contributed by atoms with Gasteiger partial charge in [0.15, 0.2) is 12.3 Å². The first kappa shape index (κ1) is 22.3. The minimum absolute atomic E-state index is 0.0920. The van der Waals surface area contributed by atoms with Gasteiger partial charge in [0.1, 0.15) is 17.1 Å². The Morgan fingerprint density at radius 1 is 1.35 bits per heavy atom. The first-order chi connectivity index (χ1) is 14.8. The van der Waals surface area contributed by atoms with E-state index in [0.717, 1.165) is 18.5 Å². The number of carbonyl (C=O) groups is 1. The average molecular weight is 439 g/mol. The number of anilines is 1. The van der Waals surface area contributed by atoms with Crippen molar-refractivity contribution in [2.75, 3.05) is 25.9 Å². The molecular weight excluding hydrogens is 419 g/mol. The highest BCUT2D eigenvalue weighted by Crippen LogP contribution is 2.39. The zero-order valence-electron chi connectivity index (χ0n) is 16.6. The quantitative estimate of drug-likeness (QED) is 0.678. The smallest absolute Gasteiger partial charge is 0.283 e. The predicted octanol–water partition coefficient (Wildman–Crippen LogP) is 2.09. The van der Waals surface area contributed by atoms with E-state index in [-0.39, 0.29) is 35.5 Å². The number of alkyl halides is 2. The summed E-state index contributed by atoms with van der Waals surface area (Å²) in [5.41, 5.74) is 3.88. The maximum absolute atomic E-state index is 15.2. The number of carbonyl (C=O) groups excluding carboxylic acids is 1. The zero-order valence-corrected chi connectivity index (χ0v) is 16.6. The fourth-order valence-electron chi connectivity index (χ4n) is 3.14. The number of methoxy groups -OCH3 is 1. The second-order valence-electron chi connectivity index (χ2n) is 6.75. The molecule has 3 rings (SSSR count). The van der Waals surface area contributed by atoms with Gasteiger partial charge < -0.3 is 25.3 Å². The lowest BCUT2D eigenvalue weighted by Crippen LogP contribution is -2.51. The van der Waals surface area contributed by atoms with Gasteiger partial charge in [-0.25, -0.2) is 28.1 Å². The van der Waals surface area contributed by atoms with Crippen LogP contribution in [0.2, 0.25) is 0 Å². The third kappa shape index (κ3) is 4.68. The van der Waals surface area contributed by atoms with Crippen molar-refractivity contribution in [1.82, 2.24) is 9.97 Å². The van der Waals surface area contributed by atoms with E-state index in [1.807, 2.05) is 0 Å². The molecule has 9 nitrogen and oxygen atoms in total. The molecule has 3 atom stereocenters. The molecular formula is C19H20F3N5O4. The number of amides is 1. The van der Waals surface area contributed by atoms with Crippen LogP contribution in [-0.2, 0) is 15.0 Å². The number of aliphatic imine (C=N–C) groups is 1. The number of nitrogens with zero attached hydrogens (tertiary/aromatic N) is 3. The zero-order chi connectivity index (χ0) is 22.6. The molecule has 1 amide bonds. The van der Waals surface area contributed by atoms with Gasteiger partial charge in [0, 0.05) is 18.4 Å². The highest BCUT2D eigenvalue weighted by atomic mass is 19.1. The molecule has 12 heteroatoms. The molecule has 1 aromatic heterocycles. The first-order valence-electron chi connectivity index (χ1n) is 9.05. The number of amidine groups is 1. The summed E-state index contributed by atoms with van der Waals surface area (Å²) in [7, 11) is 1.37. The van der Waals surface area contributed by atoms with Gasteiger partial charge in [-0.15, -0.1) is 0 Å². The Kier molecular flexibility index (Phi) is 6.59. The Hall–Kier alpha value is -3.41. The predicted molar refractivity (Wildman–Crippen MR) is 104 cm³/mol. The summed E-state index contributed by atoms with van der Waals surface area (Å²) >= 11 is 0. The van der Waals surface area contributed by atoms with Crippen molar-refractivity contribution in [1.29, 1.82) is 0 Å². The Morgan fingerprint density at radius 3 is 2.77 bits per heavy atom. The van der Waals surface area contributed by atoms with Crippen molar-refractivity contribution >= 4 is 17.6 Å². The van der Waals surface area contributed by atoms with Crippen LogP contribution in [0.1, 0.15) is 23.0 Å². The van der Waals surface area contributed by atoms with Gasteiger partial charge in [-0.1, -0.05) is 0 Å². The van der Waals surface area contributed by atoms with Gasteiger partial charge in [0.2, 0.25) is 12.7 Å². The van der Waals surface area contributed by atoms with Crippen LogP contribution < -0.4 is 15.8 Å². The number of nitrogens with two attached hydrogens (primary N) is 1. The summed E-state index contributed by atoms with van der Waals surface area (Å²) in [5, 5.41) is 2.51. The summed E-state index contributed by atoms with van der Waals surface area (Å²) in [5.74, 6) is -1.51. The van der Waals surface area contributed by atoms with Crippen LogP contribution in [0.15, 0.2) is 35.6 Å². The molecule has 1 aromatic carbocycles. The van der Waals surface area contributed by atoms with Crippen molar-refractivity contribution in [3.8, 4) is 5.88 Å². The van der Waals surface area contributed by atoms with E-state index in [0.29, 0.717) is 0 Å². The summed E-state index contributed by atoms with van der Waals surface area (Å²) in [6, 6.07) is 3.30. The molecule has 2 aromatic rings. The lowest BCUT2D eigenvalue weighted by atomic mass is 9.84. The number of halogens is 3. The van der Waals surface area contributed by atoms with Crippen LogP contribution in [0, 0.1) is 5.82 Å². The van der Waals surface area contributed by atoms with Crippen LogP contribution in [-0.4, -0.2) is 54.7 Å². The molecule has 31 heavy (non-hydrogen) atoms. The molecule has 0 saturated heterocycles. The van der Waals surface area contributed by atoms with E-state index < -0.39 is 36.4 Å². The van der Waals surface area contributed by atoms with E-state index >= 15 is 4.39 Å². The number of rotatable bonds is 7. The largest absolute Gasteiger partial charge is 0.456 e. The maximum Gasteiger partial charge on any atom is 0.283 e. The number of aromatic nitrogens is 2. The minimum Gasteiger partial charge on any atom is -0.456 e. The molecule has 166 valence electrons. The SMILES string of the molecule is COC[C@H]1OC(N)=N[C@](C)(c2cc(NC(=O)c3cnc(OCF)cn3)ccc2F)[C@H]1F. The molecule has 0 aliphatic carbocycles. The van der Waals surface area contributed by atoms with E-state index in [2.05, 4.69) is 25.0 Å². The Bertz CT molecular complexity index is 976. The standard InChI is InChI=1S/C19H20F3N5O4/c1-19(16(22)14(8-29-2)31-18(23)27-19)11-5-10(3-4-12(11)21)26-17(28)13-6-25-15(7-24-13)30-9-20/h3-7,14,16H,8-9H2,1-2H3,(H2,23,27)(H,26,28)/t14-,16+,19-/m1/s1. The summed E-state index contributed by atoms with van der Waals surface area (Å²) in [6.07, 6.45) is -0.711. The lowest BCUT2D eigenvalue weighted by Gasteiger charge is -2.38. The number of hydrogen-bond donors (Lipinski definition) is 2. The van der Waals surface area contributed by atoms with Gasteiger partial charge in [-0.2, -0.15) is 0 Å². The van der Waals surface area contributed by atoms with E-state index in [1.165, 1.54) is 26.2 Å². The second kappa shape index (κ2) is 9.16. The number of hydrogen-bond acceptors (Lipinski definition) is 8. The molecule has 0 spiro atoms. The van der Waals surface area contributed by atoms with Crippen LogP contribution >= 0.6 is 0 Å². The highest BCUT2D eigenvalue weighted by Gasteiger charge is 2.48. The lowest BCUT2D eigenvalue weighted by molar-refractivity contribution is -0.0257. The Balaban J connectivity index is 1.87. The van der Waals surface area contributed by atoms with E-state index in [1.54, 1.807) is 0 Å². The first-order valence-corrected chi connectivity index (χ1v) is 9.05. The second-order valence-corrected chi connectivity index (χ2v) is 6.75.